The van der Waals surface area contributed by atoms with Crippen molar-refractivity contribution < 1.29 is 13.2 Å². The average Bonchev–Trinajstić information content (AvgIpc) is 2.98. The van der Waals surface area contributed by atoms with Gasteiger partial charge >= 0.3 is 0 Å². The number of thioether (sulfide) groups is 1. The van der Waals surface area contributed by atoms with Crippen molar-refractivity contribution in [1.82, 2.24) is 14.7 Å². The fourth-order valence-corrected chi connectivity index (χ4v) is 5.76. The molecule has 3 rings (SSSR count). The van der Waals surface area contributed by atoms with E-state index in [4.69, 9.17) is 0 Å². The van der Waals surface area contributed by atoms with Crippen LogP contribution < -0.4 is 5.32 Å². The summed E-state index contributed by atoms with van der Waals surface area (Å²) in [5, 5.41) is 2.87. The van der Waals surface area contributed by atoms with Gasteiger partial charge in [0, 0.05) is 18.1 Å². The molecule has 2 aromatic heterocycles. The lowest BCUT2D eigenvalue weighted by atomic mass is 10.0. The number of hydrogen-bond donors (Lipinski definition) is 1. The summed E-state index contributed by atoms with van der Waals surface area (Å²) in [4.78, 5) is 16.6. The molecule has 1 aliphatic rings. The van der Waals surface area contributed by atoms with Crippen LogP contribution in [0.15, 0.2) is 24.5 Å². The second kappa shape index (κ2) is 6.40. The summed E-state index contributed by atoms with van der Waals surface area (Å²) in [5.74, 6) is 0.991. The van der Waals surface area contributed by atoms with Gasteiger partial charge < -0.3 is 9.72 Å². The fourth-order valence-electron chi connectivity index (χ4n) is 2.96. The van der Waals surface area contributed by atoms with Gasteiger partial charge in [-0.1, -0.05) is 6.07 Å². The molecule has 1 unspecified atom stereocenters. The van der Waals surface area contributed by atoms with Gasteiger partial charge in [-0.05, 0) is 31.9 Å². The van der Waals surface area contributed by atoms with Gasteiger partial charge in [0.15, 0.2) is 9.84 Å². The second-order valence-electron chi connectivity index (χ2n) is 6.65. The Bertz CT molecular complexity index is 876. The van der Waals surface area contributed by atoms with E-state index in [9.17, 15) is 13.2 Å². The molecule has 0 bridgehead atoms. The zero-order valence-corrected chi connectivity index (χ0v) is 15.4. The number of sulfone groups is 1. The van der Waals surface area contributed by atoms with Gasteiger partial charge in [-0.15, -0.1) is 11.8 Å². The Hall–Kier alpha value is -1.54. The molecular weight excluding hydrogens is 346 g/mol. The fraction of sp³-hybridized carbons (Fsp3) is 0.500. The van der Waals surface area contributed by atoms with Crippen LogP contribution in [0, 0.1) is 6.92 Å². The standard InChI is InChI=1S/C16H21N3O3S2/c1-12-3-4-14-17-13(8-19(14)7-12)9-23-10-15(20)18-16(2)5-6-24(21,22)11-16/h3-4,7-8H,5-6,9-11H2,1-2H3,(H,18,20). The van der Waals surface area contributed by atoms with Gasteiger partial charge in [0.2, 0.25) is 5.91 Å². The largest absolute Gasteiger partial charge is 0.349 e. The number of nitrogens with zero attached hydrogens (tertiary/aromatic N) is 2. The number of rotatable bonds is 5. The van der Waals surface area contributed by atoms with E-state index < -0.39 is 15.4 Å². The Labute approximate surface area is 146 Å². The zero-order valence-electron chi connectivity index (χ0n) is 13.8. The van der Waals surface area contributed by atoms with Crippen molar-refractivity contribution in [3.05, 3.63) is 35.8 Å². The van der Waals surface area contributed by atoms with Crippen molar-refractivity contribution in [3.63, 3.8) is 0 Å². The molecule has 1 amide bonds. The summed E-state index contributed by atoms with van der Waals surface area (Å²) >= 11 is 1.48. The quantitative estimate of drug-likeness (QED) is 0.868. The second-order valence-corrected chi connectivity index (χ2v) is 9.82. The summed E-state index contributed by atoms with van der Waals surface area (Å²) in [7, 11) is -3.02. The van der Waals surface area contributed by atoms with Crippen molar-refractivity contribution in [2.45, 2.75) is 31.6 Å². The number of amides is 1. The minimum atomic E-state index is -3.02. The molecule has 3 heterocycles. The van der Waals surface area contributed by atoms with Gasteiger partial charge in [0.1, 0.15) is 5.65 Å². The van der Waals surface area contributed by atoms with E-state index in [0.717, 1.165) is 11.3 Å². The highest BCUT2D eigenvalue weighted by atomic mass is 32.2. The molecular formula is C16H21N3O3S2. The van der Waals surface area contributed by atoms with Crippen molar-refractivity contribution in [1.29, 1.82) is 0 Å². The molecule has 6 nitrogen and oxygen atoms in total. The molecule has 1 fully saturated rings. The maximum Gasteiger partial charge on any atom is 0.230 e. The van der Waals surface area contributed by atoms with E-state index in [-0.39, 0.29) is 17.4 Å². The van der Waals surface area contributed by atoms with E-state index in [0.29, 0.717) is 17.9 Å². The molecule has 1 atom stereocenters. The SMILES string of the molecule is Cc1ccc2nc(CSCC(=O)NC3(C)CCS(=O)(=O)C3)cn2c1. The Morgan fingerprint density at radius 3 is 2.92 bits per heavy atom. The summed E-state index contributed by atoms with van der Waals surface area (Å²) in [6.45, 7) is 3.83. The van der Waals surface area contributed by atoms with Crippen molar-refractivity contribution in [3.8, 4) is 0 Å². The number of carbonyl (C=O) groups is 1. The summed E-state index contributed by atoms with van der Waals surface area (Å²) < 4.78 is 25.1. The van der Waals surface area contributed by atoms with E-state index in [1.807, 2.05) is 35.9 Å². The molecule has 0 aromatic carbocycles. The molecule has 130 valence electrons. The van der Waals surface area contributed by atoms with Crippen LogP contribution in [0.2, 0.25) is 0 Å². The first-order valence-electron chi connectivity index (χ1n) is 7.78. The van der Waals surface area contributed by atoms with Gasteiger partial charge in [0.05, 0.1) is 28.5 Å². The Balaban J connectivity index is 1.51. The molecule has 8 heteroatoms. The van der Waals surface area contributed by atoms with Crippen LogP contribution >= 0.6 is 11.8 Å². The first-order chi connectivity index (χ1) is 11.2. The molecule has 1 saturated heterocycles. The van der Waals surface area contributed by atoms with E-state index in [1.165, 1.54) is 17.3 Å². The molecule has 0 saturated carbocycles. The first-order valence-corrected chi connectivity index (χ1v) is 10.8. The van der Waals surface area contributed by atoms with E-state index >= 15 is 0 Å². The van der Waals surface area contributed by atoms with E-state index in [2.05, 4.69) is 10.3 Å². The van der Waals surface area contributed by atoms with Crippen LogP contribution in [0.25, 0.3) is 5.65 Å². The molecule has 1 aliphatic heterocycles. The van der Waals surface area contributed by atoms with Gasteiger partial charge in [-0.3, -0.25) is 4.79 Å². The predicted molar refractivity (Wildman–Crippen MR) is 95.9 cm³/mol. The minimum Gasteiger partial charge on any atom is -0.349 e. The van der Waals surface area contributed by atoms with Crippen LogP contribution in [0.4, 0.5) is 0 Å². The van der Waals surface area contributed by atoms with E-state index in [1.54, 1.807) is 6.92 Å². The lowest BCUT2D eigenvalue weighted by Gasteiger charge is -2.23. The smallest absolute Gasteiger partial charge is 0.230 e. The molecule has 2 aromatic rings. The molecule has 0 aliphatic carbocycles. The summed E-state index contributed by atoms with van der Waals surface area (Å²) in [6.07, 6.45) is 4.47. The van der Waals surface area contributed by atoms with Crippen molar-refractivity contribution in [2.24, 2.45) is 0 Å². The number of fused-ring (bicyclic) bond motifs is 1. The van der Waals surface area contributed by atoms with Crippen LogP contribution in [-0.4, -0.2) is 46.5 Å². The van der Waals surface area contributed by atoms with Gasteiger partial charge in [-0.25, -0.2) is 13.4 Å². The highest BCUT2D eigenvalue weighted by Crippen LogP contribution is 2.23. The van der Waals surface area contributed by atoms with Crippen molar-refractivity contribution in [2.75, 3.05) is 17.3 Å². The number of carbonyl (C=O) groups excluding carboxylic acids is 1. The molecule has 0 radical (unpaired) electrons. The Morgan fingerprint density at radius 1 is 1.42 bits per heavy atom. The topological polar surface area (TPSA) is 80.5 Å². The number of pyridine rings is 1. The maximum atomic E-state index is 12.1. The van der Waals surface area contributed by atoms with Crippen molar-refractivity contribution >= 4 is 33.2 Å². The minimum absolute atomic E-state index is 0.0300. The summed E-state index contributed by atoms with van der Waals surface area (Å²) in [6, 6.07) is 3.99. The monoisotopic (exact) mass is 367 g/mol. The Morgan fingerprint density at radius 2 is 2.21 bits per heavy atom. The third-order valence-electron chi connectivity index (χ3n) is 4.08. The predicted octanol–water partition coefficient (Wildman–Crippen LogP) is 1.57. The first kappa shape index (κ1) is 17.3. The van der Waals surface area contributed by atoms with Gasteiger partial charge in [-0.2, -0.15) is 0 Å². The number of aryl methyl sites for hydroxylation is 1. The van der Waals surface area contributed by atoms with Crippen LogP contribution in [0.1, 0.15) is 24.6 Å². The number of hydrogen-bond acceptors (Lipinski definition) is 5. The molecule has 24 heavy (non-hydrogen) atoms. The number of nitrogens with one attached hydrogen (secondary N) is 1. The highest BCUT2D eigenvalue weighted by molar-refractivity contribution is 7.99. The van der Waals surface area contributed by atoms with Crippen LogP contribution in [-0.2, 0) is 20.4 Å². The molecule has 1 N–H and O–H groups in total. The normalized spacial score (nSPS) is 22.8. The highest BCUT2D eigenvalue weighted by Gasteiger charge is 2.39. The number of imidazole rings is 1. The van der Waals surface area contributed by atoms with Crippen LogP contribution in [0.3, 0.4) is 0 Å². The number of aromatic nitrogens is 2. The summed E-state index contributed by atoms with van der Waals surface area (Å²) in [5.41, 5.74) is 2.35. The Kier molecular flexibility index (Phi) is 4.61. The third-order valence-corrected chi connectivity index (χ3v) is 6.95. The maximum absolute atomic E-state index is 12.1. The average molecular weight is 367 g/mol. The lowest BCUT2D eigenvalue weighted by Crippen LogP contribution is -2.47. The van der Waals surface area contributed by atoms with Gasteiger partial charge in [0.25, 0.3) is 0 Å². The zero-order chi connectivity index (χ0) is 17.4. The third kappa shape index (κ3) is 4.10. The van der Waals surface area contributed by atoms with Crippen LogP contribution in [0.5, 0.6) is 0 Å². The lowest BCUT2D eigenvalue weighted by molar-refractivity contribution is -0.120. The molecule has 0 spiro atoms.